The van der Waals surface area contributed by atoms with Gasteiger partial charge in [-0.3, -0.25) is 9.79 Å². The molecule has 5 heteroatoms. The van der Waals surface area contributed by atoms with Gasteiger partial charge in [-0.25, -0.2) is 0 Å². The first-order chi connectivity index (χ1) is 6.50. The van der Waals surface area contributed by atoms with Crippen LogP contribution in [0.2, 0.25) is 0 Å². The number of hydrogen-bond acceptors (Lipinski definition) is 4. The maximum Gasteiger partial charge on any atom is 0.239 e. The predicted octanol–water partition coefficient (Wildman–Crippen LogP) is 0.577. The SMILES string of the molecule is CC(NC1=N[C@@H](C(C)C)CS1)C(N)=O. The van der Waals surface area contributed by atoms with E-state index in [4.69, 9.17) is 5.73 Å². The molecule has 0 bridgehead atoms. The molecular weight excluding hydrogens is 198 g/mol. The predicted molar refractivity (Wildman–Crippen MR) is 60.3 cm³/mol. The van der Waals surface area contributed by atoms with E-state index in [0.29, 0.717) is 12.0 Å². The fourth-order valence-corrected chi connectivity index (χ4v) is 2.32. The quantitative estimate of drug-likeness (QED) is 0.723. The van der Waals surface area contributed by atoms with Crippen molar-refractivity contribution in [2.75, 3.05) is 5.75 Å². The molecule has 3 N–H and O–H groups in total. The number of amides is 1. The molecule has 0 aromatic heterocycles. The molecule has 0 fully saturated rings. The minimum Gasteiger partial charge on any atom is -0.368 e. The van der Waals surface area contributed by atoms with Gasteiger partial charge in [-0.15, -0.1) is 0 Å². The van der Waals surface area contributed by atoms with Gasteiger partial charge in [-0.2, -0.15) is 0 Å². The van der Waals surface area contributed by atoms with E-state index in [-0.39, 0.29) is 11.9 Å². The fraction of sp³-hybridized carbons (Fsp3) is 0.778. The highest BCUT2D eigenvalue weighted by Crippen LogP contribution is 2.22. The van der Waals surface area contributed by atoms with Crippen LogP contribution < -0.4 is 11.1 Å². The van der Waals surface area contributed by atoms with Gasteiger partial charge in [-0.05, 0) is 12.8 Å². The Hall–Kier alpha value is -0.710. The number of nitrogens with zero attached hydrogens (tertiary/aromatic N) is 1. The van der Waals surface area contributed by atoms with Crippen molar-refractivity contribution in [2.24, 2.45) is 16.6 Å². The van der Waals surface area contributed by atoms with Crippen LogP contribution in [0.4, 0.5) is 0 Å². The van der Waals surface area contributed by atoms with Gasteiger partial charge in [0.15, 0.2) is 5.17 Å². The third kappa shape index (κ3) is 2.90. The fourth-order valence-electron chi connectivity index (χ4n) is 1.07. The standard InChI is InChI=1S/C9H17N3OS/c1-5(2)7-4-14-9(12-7)11-6(3)8(10)13/h5-7H,4H2,1-3H3,(H2,10,13)(H,11,12)/t6?,7-/m1/s1. The van der Waals surface area contributed by atoms with Crippen molar-refractivity contribution in [3.63, 3.8) is 0 Å². The van der Waals surface area contributed by atoms with Crippen molar-refractivity contribution in [1.29, 1.82) is 0 Å². The number of aliphatic imine (C=N–C) groups is 1. The van der Waals surface area contributed by atoms with Crippen molar-refractivity contribution >= 4 is 22.8 Å². The van der Waals surface area contributed by atoms with Gasteiger partial charge in [0.1, 0.15) is 6.04 Å². The molecule has 0 radical (unpaired) electrons. The van der Waals surface area contributed by atoms with Crippen molar-refractivity contribution in [1.82, 2.24) is 5.32 Å². The Morgan fingerprint density at radius 2 is 2.29 bits per heavy atom. The molecule has 1 rings (SSSR count). The lowest BCUT2D eigenvalue weighted by Crippen LogP contribution is -2.40. The summed E-state index contributed by atoms with van der Waals surface area (Å²) < 4.78 is 0. The van der Waals surface area contributed by atoms with Gasteiger partial charge < -0.3 is 11.1 Å². The molecular formula is C9H17N3OS. The van der Waals surface area contributed by atoms with Gasteiger partial charge >= 0.3 is 0 Å². The summed E-state index contributed by atoms with van der Waals surface area (Å²) >= 11 is 1.66. The molecule has 1 aliphatic heterocycles. The van der Waals surface area contributed by atoms with E-state index in [2.05, 4.69) is 24.2 Å². The molecule has 1 amide bonds. The summed E-state index contributed by atoms with van der Waals surface area (Å²) in [5.41, 5.74) is 5.14. The molecule has 14 heavy (non-hydrogen) atoms. The molecule has 4 nitrogen and oxygen atoms in total. The van der Waals surface area contributed by atoms with Gasteiger partial charge in [0.05, 0.1) is 6.04 Å². The van der Waals surface area contributed by atoms with Crippen LogP contribution in [0.25, 0.3) is 0 Å². The molecule has 0 aliphatic carbocycles. The van der Waals surface area contributed by atoms with Crippen LogP contribution in [-0.4, -0.2) is 28.9 Å². The summed E-state index contributed by atoms with van der Waals surface area (Å²) in [6, 6.07) is 0.0229. The Labute approximate surface area is 88.7 Å². The van der Waals surface area contributed by atoms with Crippen molar-refractivity contribution in [2.45, 2.75) is 32.9 Å². The number of amidine groups is 1. The van der Waals surface area contributed by atoms with Crippen LogP contribution in [-0.2, 0) is 4.79 Å². The summed E-state index contributed by atoms with van der Waals surface area (Å²) in [6.45, 7) is 6.04. The Balaban J connectivity index is 2.47. The van der Waals surface area contributed by atoms with E-state index in [0.717, 1.165) is 10.9 Å². The third-order valence-corrected chi connectivity index (χ3v) is 3.22. The molecule has 0 saturated carbocycles. The lowest BCUT2D eigenvalue weighted by Gasteiger charge is -2.10. The first-order valence-corrected chi connectivity index (χ1v) is 5.75. The Morgan fingerprint density at radius 1 is 1.64 bits per heavy atom. The zero-order valence-corrected chi connectivity index (χ0v) is 9.60. The van der Waals surface area contributed by atoms with Gasteiger partial charge in [0.25, 0.3) is 0 Å². The van der Waals surface area contributed by atoms with Gasteiger partial charge in [0.2, 0.25) is 5.91 Å². The average Bonchev–Trinajstić information content (AvgIpc) is 2.52. The van der Waals surface area contributed by atoms with Crippen LogP contribution in [0.1, 0.15) is 20.8 Å². The highest BCUT2D eigenvalue weighted by atomic mass is 32.2. The Kier molecular flexibility index (Phi) is 3.80. The molecule has 0 aromatic carbocycles. The minimum atomic E-state index is -0.346. The molecule has 1 unspecified atom stereocenters. The second-order valence-electron chi connectivity index (χ2n) is 3.83. The highest BCUT2D eigenvalue weighted by molar-refractivity contribution is 8.14. The maximum atomic E-state index is 10.8. The summed E-state index contributed by atoms with van der Waals surface area (Å²) in [7, 11) is 0. The largest absolute Gasteiger partial charge is 0.368 e. The molecule has 2 atom stereocenters. The monoisotopic (exact) mass is 215 g/mol. The molecule has 1 heterocycles. The second kappa shape index (κ2) is 4.68. The molecule has 0 saturated heterocycles. The first-order valence-electron chi connectivity index (χ1n) is 4.77. The average molecular weight is 215 g/mol. The lowest BCUT2D eigenvalue weighted by atomic mass is 10.1. The van der Waals surface area contributed by atoms with Gasteiger partial charge in [-0.1, -0.05) is 25.6 Å². The molecule has 0 spiro atoms. The smallest absolute Gasteiger partial charge is 0.239 e. The van der Waals surface area contributed by atoms with Crippen LogP contribution in [0.5, 0.6) is 0 Å². The van der Waals surface area contributed by atoms with Crippen LogP contribution in [0.3, 0.4) is 0 Å². The summed E-state index contributed by atoms with van der Waals surface area (Å²) in [5.74, 6) is 1.19. The number of rotatable bonds is 3. The number of hydrogen-bond donors (Lipinski definition) is 2. The number of thioether (sulfide) groups is 1. The van der Waals surface area contributed by atoms with E-state index >= 15 is 0 Å². The van der Waals surface area contributed by atoms with E-state index in [1.54, 1.807) is 18.7 Å². The van der Waals surface area contributed by atoms with E-state index in [1.807, 2.05) is 0 Å². The van der Waals surface area contributed by atoms with Crippen molar-refractivity contribution < 1.29 is 4.79 Å². The first kappa shape index (κ1) is 11.4. The topological polar surface area (TPSA) is 67.5 Å². The highest BCUT2D eigenvalue weighted by Gasteiger charge is 2.22. The maximum absolute atomic E-state index is 10.8. The minimum absolute atomic E-state index is 0.341. The van der Waals surface area contributed by atoms with E-state index in [1.165, 1.54) is 0 Å². The van der Waals surface area contributed by atoms with Crippen molar-refractivity contribution in [3.8, 4) is 0 Å². The zero-order chi connectivity index (χ0) is 10.7. The lowest BCUT2D eigenvalue weighted by molar-refractivity contribution is -0.119. The van der Waals surface area contributed by atoms with Crippen LogP contribution in [0.15, 0.2) is 4.99 Å². The van der Waals surface area contributed by atoms with Gasteiger partial charge in [0, 0.05) is 5.75 Å². The van der Waals surface area contributed by atoms with Crippen LogP contribution in [0, 0.1) is 5.92 Å². The van der Waals surface area contributed by atoms with Crippen LogP contribution >= 0.6 is 11.8 Å². The Morgan fingerprint density at radius 3 is 2.71 bits per heavy atom. The number of nitrogens with two attached hydrogens (primary N) is 1. The molecule has 80 valence electrons. The van der Waals surface area contributed by atoms with E-state index in [9.17, 15) is 4.79 Å². The summed E-state index contributed by atoms with van der Waals surface area (Å²) in [5, 5.41) is 3.84. The summed E-state index contributed by atoms with van der Waals surface area (Å²) in [4.78, 5) is 15.3. The number of nitrogens with one attached hydrogen (secondary N) is 1. The van der Waals surface area contributed by atoms with E-state index < -0.39 is 0 Å². The Bertz CT molecular complexity index is 252. The summed E-state index contributed by atoms with van der Waals surface area (Å²) in [6.07, 6.45) is 0. The normalized spacial score (nSPS) is 23.4. The number of carbonyl (C=O) groups excluding carboxylic acids is 1. The van der Waals surface area contributed by atoms with Crippen molar-refractivity contribution in [3.05, 3.63) is 0 Å². The third-order valence-electron chi connectivity index (χ3n) is 2.21. The number of carbonyl (C=O) groups is 1. The number of primary amides is 1. The molecule has 1 aliphatic rings. The second-order valence-corrected chi connectivity index (χ2v) is 4.83. The molecule has 0 aromatic rings. The zero-order valence-electron chi connectivity index (χ0n) is 8.78.